The molecule has 0 bridgehead atoms. The van der Waals surface area contributed by atoms with Crippen molar-refractivity contribution in [1.82, 2.24) is 24.7 Å². The predicted molar refractivity (Wildman–Crippen MR) is 123 cm³/mol. The second kappa shape index (κ2) is 8.48. The monoisotopic (exact) mass is 461 g/mol. The highest BCUT2D eigenvalue weighted by Crippen LogP contribution is 2.27. The molecule has 0 unspecified atom stereocenters. The van der Waals surface area contributed by atoms with E-state index in [0.717, 1.165) is 21.0 Å². The van der Waals surface area contributed by atoms with Crippen LogP contribution in [0.5, 0.6) is 0 Å². The number of amides is 1. The Balaban J connectivity index is 1.39. The number of halogens is 2. The number of benzene rings is 3. The second-order valence-electron chi connectivity index (χ2n) is 7.51. The van der Waals surface area contributed by atoms with Gasteiger partial charge in [-0.2, -0.15) is 10.2 Å². The van der Waals surface area contributed by atoms with E-state index in [1.165, 1.54) is 29.0 Å². The number of nitrogens with zero attached hydrogens (tertiary/aromatic N) is 4. The number of carbonyl (C=O) groups is 1. The summed E-state index contributed by atoms with van der Waals surface area (Å²) in [6.45, 7) is -0.118. The van der Waals surface area contributed by atoms with Crippen molar-refractivity contribution in [3.63, 3.8) is 0 Å². The van der Waals surface area contributed by atoms with Crippen LogP contribution in [-0.4, -0.2) is 25.3 Å². The minimum atomic E-state index is -0.528. The van der Waals surface area contributed by atoms with Gasteiger partial charge in [-0.05, 0) is 34.5 Å². The Morgan fingerprint density at radius 2 is 1.88 bits per heavy atom. The lowest BCUT2D eigenvalue weighted by Gasteiger charge is -2.07. The number of carbonyl (C=O) groups excluding carboxylic acids is 1. The van der Waals surface area contributed by atoms with Crippen molar-refractivity contribution in [3.8, 4) is 11.3 Å². The lowest BCUT2D eigenvalue weighted by atomic mass is 10.0. The summed E-state index contributed by atoms with van der Waals surface area (Å²) in [5, 5.41) is 13.3. The Morgan fingerprint density at radius 3 is 2.73 bits per heavy atom. The number of aromatic nitrogens is 4. The maximum Gasteiger partial charge on any atom is 0.293 e. The molecule has 5 rings (SSSR count). The highest BCUT2D eigenvalue weighted by atomic mass is 35.5. The van der Waals surface area contributed by atoms with Crippen LogP contribution in [0.3, 0.4) is 0 Å². The Hall–Kier alpha value is -4.04. The van der Waals surface area contributed by atoms with Crippen LogP contribution < -0.4 is 10.9 Å². The maximum absolute atomic E-state index is 13.3. The fourth-order valence-corrected chi connectivity index (χ4v) is 3.88. The molecule has 7 nitrogen and oxygen atoms in total. The van der Waals surface area contributed by atoms with Crippen LogP contribution in [0.2, 0.25) is 5.02 Å². The van der Waals surface area contributed by atoms with E-state index in [1.807, 2.05) is 42.5 Å². The van der Waals surface area contributed by atoms with Gasteiger partial charge in [0, 0.05) is 12.1 Å². The van der Waals surface area contributed by atoms with Gasteiger partial charge < -0.3 is 5.32 Å². The normalized spacial score (nSPS) is 11.2. The zero-order valence-corrected chi connectivity index (χ0v) is 18.0. The molecule has 0 radical (unpaired) electrons. The number of nitrogens with one attached hydrogen (secondary N) is 1. The summed E-state index contributed by atoms with van der Waals surface area (Å²) in [5.41, 5.74) is 2.06. The molecule has 1 N–H and O–H groups in total. The lowest BCUT2D eigenvalue weighted by molar-refractivity contribution is -0.122. The van der Waals surface area contributed by atoms with Gasteiger partial charge in [-0.1, -0.05) is 60.1 Å². The van der Waals surface area contributed by atoms with Crippen LogP contribution in [0, 0.1) is 5.82 Å². The van der Waals surface area contributed by atoms with Crippen molar-refractivity contribution in [1.29, 1.82) is 0 Å². The van der Waals surface area contributed by atoms with Crippen LogP contribution >= 0.6 is 11.6 Å². The highest BCUT2D eigenvalue weighted by molar-refractivity contribution is 6.30. The van der Waals surface area contributed by atoms with E-state index in [-0.39, 0.29) is 18.1 Å². The van der Waals surface area contributed by atoms with Gasteiger partial charge in [0.2, 0.25) is 5.91 Å². The third-order valence-electron chi connectivity index (χ3n) is 5.32. The van der Waals surface area contributed by atoms with E-state index >= 15 is 0 Å². The summed E-state index contributed by atoms with van der Waals surface area (Å²) in [4.78, 5) is 25.3. The molecule has 0 aliphatic heterocycles. The molecule has 33 heavy (non-hydrogen) atoms. The van der Waals surface area contributed by atoms with Gasteiger partial charge >= 0.3 is 0 Å². The summed E-state index contributed by atoms with van der Waals surface area (Å²) in [7, 11) is 0. The van der Waals surface area contributed by atoms with Gasteiger partial charge in [-0.3, -0.25) is 9.59 Å². The van der Waals surface area contributed by atoms with E-state index in [4.69, 9.17) is 11.6 Å². The van der Waals surface area contributed by atoms with Gasteiger partial charge in [-0.15, -0.1) is 0 Å². The molecule has 5 aromatic rings. The van der Waals surface area contributed by atoms with Crippen molar-refractivity contribution in [2.75, 3.05) is 0 Å². The SMILES string of the molecule is O=C(Cn1ncn2nc(-c3cccc4ccccc34)cc2c1=O)NCc1ccc(F)c(Cl)c1. The molecule has 0 aliphatic rings. The zero-order chi connectivity index (χ0) is 22.9. The van der Waals surface area contributed by atoms with Gasteiger partial charge in [0.05, 0.1) is 10.7 Å². The average molecular weight is 462 g/mol. The van der Waals surface area contributed by atoms with Gasteiger partial charge in [-0.25, -0.2) is 13.6 Å². The van der Waals surface area contributed by atoms with Gasteiger partial charge in [0.1, 0.15) is 24.2 Å². The first-order valence-corrected chi connectivity index (χ1v) is 10.5. The van der Waals surface area contributed by atoms with E-state index in [2.05, 4.69) is 15.5 Å². The molecule has 1 amide bonds. The minimum absolute atomic E-state index is 0.0205. The van der Waals surface area contributed by atoms with E-state index in [9.17, 15) is 14.0 Å². The number of fused-ring (bicyclic) bond motifs is 2. The van der Waals surface area contributed by atoms with Crippen LogP contribution in [0.15, 0.2) is 77.9 Å². The highest BCUT2D eigenvalue weighted by Gasteiger charge is 2.14. The largest absolute Gasteiger partial charge is 0.350 e. The molecule has 0 saturated heterocycles. The topological polar surface area (TPSA) is 81.3 Å². The molecular weight excluding hydrogens is 445 g/mol. The molecule has 3 aromatic carbocycles. The first kappa shape index (κ1) is 20.8. The molecule has 0 atom stereocenters. The molecule has 0 spiro atoms. The third-order valence-corrected chi connectivity index (χ3v) is 5.61. The first-order valence-electron chi connectivity index (χ1n) is 10.1. The summed E-state index contributed by atoms with van der Waals surface area (Å²) < 4.78 is 15.8. The fourth-order valence-electron chi connectivity index (χ4n) is 3.67. The van der Waals surface area contributed by atoms with E-state index in [0.29, 0.717) is 16.8 Å². The fraction of sp³-hybridized carbons (Fsp3) is 0.0833. The van der Waals surface area contributed by atoms with Crippen molar-refractivity contribution in [2.24, 2.45) is 0 Å². The summed E-state index contributed by atoms with van der Waals surface area (Å²) in [6.07, 6.45) is 1.40. The van der Waals surface area contributed by atoms with Crippen molar-refractivity contribution in [3.05, 3.63) is 99.8 Å². The first-order chi connectivity index (χ1) is 16.0. The average Bonchev–Trinajstić information content (AvgIpc) is 3.26. The van der Waals surface area contributed by atoms with Gasteiger partial charge in [0.15, 0.2) is 0 Å². The van der Waals surface area contributed by atoms with Crippen molar-refractivity contribution < 1.29 is 9.18 Å². The van der Waals surface area contributed by atoms with Crippen molar-refractivity contribution >= 4 is 33.8 Å². The number of rotatable bonds is 5. The second-order valence-corrected chi connectivity index (χ2v) is 7.91. The Kier molecular flexibility index (Phi) is 5.35. The molecule has 0 saturated carbocycles. The maximum atomic E-state index is 13.3. The van der Waals surface area contributed by atoms with Gasteiger partial charge in [0.25, 0.3) is 5.56 Å². The van der Waals surface area contributed by atoms with E-state index < -0.39 is 17.3 Å². The third kappa shape index (κ3) is 4.08. The number of hydrogen-bond acceptors (Lipinski definition) is 4. The quantitative estimate of drug-likeness (QED) is 0.431. The molecule has 9 heteroatoms. The molecule has 0 fully saturated rings. The smallest absolute Gasteiger partial charge is 0.293 e. The van der Waals surface area contributed by atoms with Crippen LogP contribution in [0.25, 0.3) is 27.5 Å². The predicted octanol–water partition coefficient (Wildman–Crippen LogP) is 3.82. The van der Waals surface area contributed by atoms with Crippen LogP contribution in [0.1, 0.15) is 5.56 Å². The zero-order valence-electron chi connectivity index (χ0n) is 17.2. The Morgan fingerprint density at radius 1 is 1.06 bits per heavy atom. The number of hydrogen-bond donors (Lipinski definition) is 1. The molecule has 164 valence electrons. The van der Waals surface area contributed by atoms with Crippen LogP contribution in [-0.2, 0) is 17.9 Å². The molecule has 2 aromatic heterocycles. The van der Waals surface area contributed by atoms with Crippen LogP contribution in [0.4, 0.5) is 4.39 Å². The summed E-state index contributed by atoms with van der Waals surface area (Å²) in [6, 6.07) is 19.7. The Labute approximate surface area is 192 Å². The minimum Gasteiger partial charge on any atom is -0.350 e. The summed E-state index contributed by atoms with van der Waals surface area (Å²) in [5.74, 6) is -0.942. The summed E-state index contributed by atoms with van der Waals surface area (Å²) >= 11 is 5.76. The lowest BCUT2D eigenvalue weighted by Crippen LogP contribution is -2.34. The van der Waals surface area contributed by atoms with Crippen molar-refractivity contribution in [2.45, 2.75) is 13.1 Å². The molecular formula is C24H17ClFN5O2. The standard InChI is InChI=1S/C24H17ClFN5O2/c25-19-10-15(8-9-20(19)26)12-27-23(32)13-30-24(33)22-11-21(29-31(22)14-28-30)18-7-3-5-16-4-1-2-6-17(16)18/h1-11,14H,12-13H2,(H,27,32). The Bertz CT molecular complexity index is 1570. The molecule has 2 heterocycles. The van der Waals surface area contributed by atoms with E-state index in [1.54, 1.807) is 6.07 Å². The molecule has 0 aliphatic carbocycles.